The maximum Gasteiger partial charge on any atom is 0.453 e. The molecule has 3 aromatic rings. The summed E-state index contributed by atoms with van der Waals surface area (Å²) in [6.07, 6.45) is -4.56. The Labute approximate surface area is 109 Å². The summed E-state index contributed by atoms with van der Waals surface area (Å²) in [7, 11) is 0. The first kappa shape index (κ1) is 12.1. The number of aromatic nitrogens is 4. The Morgan fingerprint density at radius 1 is 1.21 bits per heavy atom. The maximum absolute atomic E-state index is 12.7. The molecule has 8 heteroatoms. The molecule has 0 atom stereocenters. The van der Waals surface area contributed by atoms with Crippen LogP contribution >= 0.6 is 11.3 Å². The van der Waals surface area contributed by atoms with Crippen LogP contribution in [0.2, 0.25) is 0 Å². The smallest absolute Gasteiger partial charge is 0.178 e. The van der Waals surface area contributed by atoms with E-state index in [1.807, 2.05) is 25.1 Å². The first-order valence-corrected chi connectivity index (χ1v) is 6.13. The normalized spacial score (nSPS) is 12.2. The molecule has 2 heterocycles. The molecule has 0 aliphatic heterocycles. The molecule has 0 spiro atoms. The van der Waals surface area contributed by atoms with E-state index in [0.717, 1.165) is 27.0 Å². The fourth-order valence-corrected chi connectivity index (χ4v) is 2.52. The molecule has 0 aliphatic carbocycles. The van der Waals surface area contributed by atoms with Crippen molar-refractivity contribution in [3.63, 3.8) is 0 Å². The number of hydrogen-bond acceptors (Lipinski definition) is 4. The minimum Gasteiger partial charge on any atom is -0.178 e. The largest absolute Gasteiger partial charge is 0.453 e. The Bertz CT molecular complexity index is 744. The monoisotopic (exact) mass is 284 g/mol. The van der Waals surface area contributed by atoms with E-state index in [0.29, 0.717) is 5.01 Å². The summed E-state index contributed by atoms with van der Waals surface area (Å²) in [5.41, 5.74) is 1.78. The van der Waals surface area contributed by atoms with Crippen molar-refractivity contribution in [1.29, 1.82) is 0 Å². The van der Waals surface area contributed by atoms with Crippen LogP contribution in [0, 0.1) is 6.92 Å². The maximum atomic E-state index is 12.7. The molecular weight excluding hydrogens is 277 g/mol. The highest BCUT2D eigenvalue weighted by atomic mass is 32.1. The zero-order valence-electron chi connectivity index (χ0n) is 9.64. The van der Waals surface area contributed by atoms with Gasteiger partial charge in [0.05, 0.1) is 0 Å². The molecule has 0 unspecified atom stereocenters. The molecular formula is C11H7F3N4S. The van der Waals surface area contributed by atoms with Crippen molar-refractivity contribution in [3.05, 3.63) is 35.7 Å². The SMILES string of the molecule is Cc1cccc(-c2nn3c(C(F)(F)F)nnc3s2)c1. The second-order valence-electron chi connectivity index (χ2n) is 3.99. The van der Waals surface area contributed by atoms with Gasteiger partial charge in [0.25, 0.3) is 5.82 Å². The van der Waals surface area contributed by atoms with E-state index in [1.54, 1.807) is 6.07 Å². The first-order valence-electron chi connectivity index (χ1n) is 5.31. The zero-order chi connectivity index (χ0) is 13.6. The van der Waals surface area contributed by atoms with Crippen molar-refractivity contribution in [2.75, 3.05) is 0 Å². The summed E-state index contributed by atoms with van der Waals surface area (Å²) < 4.78 is 38.7. The molecule has 1 aromatic carbocycles. The lowest BCUT2D eigenvalue weighted by molar-refractivity contribution is -0.146. The van der Waals surface area contributed by atoms with E-state index in [-0.39, 0.29) is 4.96 Å². The van der Waals surface area contributed by atoms with Crippen LogP contribution in [0.1, 0.15) is 11.4 Å². The van der Waals surface area contributed by atoms with Crippen LogP contribution < -0.4 is 0 Å². The molecule has 0 radical (unpaired) electrons. The van der Waals surface area contributed by atoms with Crippen LogP contribution in [0.25, 0.3) is 15.5 Å². The highest BCUT2D eigenvalue weighted by Gasteiger charge is 2.38. The van der Waals surface area contributed by atoms with Gasteiger partial charge in [-0.15, -0.1) is 10.2 Å². The first-order chi connectivity index (χ1) is 8.95. The van der Waals surface area contributed by atoms with Crippen LogP contribution in [0.3, 0.4) is 0 Å². The third-order valence-electron chi connectivity index (χ3n) is 2.51. The minimum absolute atomic E-state index is 0.129. The predicted octanol–water partition coefficient (Wildman–Crippen LogP) is 3.18. The molecule has 0 saturated carbocycles. The number of fused-ring (bicyclic) bond motifs is 1. The molecule has 2 aromatic heterocycles. The molecule has 0 N–H and O–H groups in total. The van der Waals surface area contributed by atoms with Crippen molar-refractivity contribution < 1.29 is 13.2 Å². The summed E-state index contributed by atoms with van der Waals surface area (Å²) in [4.78, 5) is 0.129. The zero-order valence-corrected chi connectivity index (χ0v) is 10.5. The van der Waals surface area contributed by atoms with Crippen LogP contribution in [0.15, 0.2) is 24.3 Å². The van der Waals surface area contributed by atoms with Crippen LogP contribution in [0.5, 0.6) is 0 Å². The van der Waals surface area contributed by atoms with Gasteiger partial charge in [-0.2, -0.15) is 22.8 Å². The number of nitrogens with zero attached hydrogens (tertiary/aromatic N) is 4. The summed E-state index contributed by atoms with van der Waals surface area (Å²) in [5.74, 6) is -1.10. The fraction of sp³-hybridized carbons (Fsp3) is 0.182. The average Bonchev–Trinajstić information content (AvgIpc) is 2.85. The van der Waals surface area contributed by atoms with Crippen molar-refractivity contribution in [2.45, 2.75) is 13.1 Å². The standard InChI is InChI=1S/C11H7F3N4S/c1-6-3-2-4-7(5-6)8-17-18-9(11(12,13)14)15-16-10(18)19-8/h2-5H,1H3. The van der Waals surface area contributed by atoms with Crippen molar-refractivity contribution >= 4 is 16.3 Å². The highest BCUT2D eigenvalue weighted by molar-refractivity contribution is 7.19. The average molecular weight is 284 g/mol. The van der Waals surface area contributed by atoms with Crippen LogP contribution in [0.4, 0.5) is 13.2 Å². The van der Waals surface area contributed by atoms with E-state index in [1.165, 1.54) is 0 Å². The molecule has 0 bridgehead atoms. The Morgan fingerprint density at radius 3 is 2.68 bits per heavy atom. The second kappa shape index (κ2) is 4.02. The summed E-state index contributed by atoms with van der Waals surface area (Å²) in [5, 5.41) is 11.0. The summed E-state index contributed by atoms with van der Waals surface area (Å²) in [6.45, 7) is 1.91. The van der Waals surface area contributed by atoms with Gasteiger partial charge in [-0.1, -0.05) is 35.1 Å². The second-order valence-corrected chi connectivity index (χ2v) is 4.95. The van der Waals surface area contributed by atoms with E-state index >= 15 is 0 Å². The summed E-state index contributed by atoms with van der Waals surface area (Å²) in [6, 6.07) is 7.40. The van der Waals surface area contributed by atoms with E-state index in [9.17, 15) is 13.2 Å². The van der Waals surface area contributed by atoms with Gasteiger partial charge < -0.3 is 0 Å². The molecule has 98 valence electrons. The highest BCUT2D eigenvalue weighted by Crippen LogP contribution is 2.31. The van der Waals surface area contributed by atoms with Crippen molar-refractivity contribution in [1.82, 2.24) is 19.8 Å². The van der Waals surface area contributed by atoms with Gasteiger partial charge in [0.15, 0.2) is 0 Å². The van der Waals surface area contributed by atoms with Crippen molar-refractivity contribution in [2.24, 2.45) is 0 Å². The Hall–Kier alpha value is -1.96. The lowest BCUT2D eigenvalue weighted by Gasteiger charge is -2.00. The lowest BCUT2D eigenvalue weighted by Crippen LogP contribution is -2.11. The molecule has 4 nitrogen and oxygen atoms in total. The number of halogens is 3. The van der Waals surface area contributed by atoms with Gasteiger partial charge in [0.2, 0.25) is 4.96 Å². The van der Waals surface area contributed by atoms with Crippen LogP contribution in [-0.4, -0.2) is 19.8 Å². The quantitative estimate of drug-likeness (QED) is 0.689. The van der Waals surface area contributed by atoms with E-state index in [2.05, 4.69) is 15.3 Å². The number of rotatable bonds is 1. The fourth-order valence-electron chi connectivity index (χ4n) is 1.69. The third-order valence-corrected chi connectivity index (χ3v) is 3.46. The Balaban J connectivity index is 2.15. The minimum atomic E-state index is -4.56. The van der Waals surface area contributed by atoms with Crippen molar-refractivity contribution in [3.8, 4) is 10.6 Å². The molecule has 19 heavy (non-hydrogen) atoms. The molecule has 0 fully saturated rings. The van der Waals surface area contributed by atoms with E-state index in [4.69, 9.17) is 0 Å². The topological polar surface area (TPSA) is 43.1 Å². The van der Waals surface area contributed by atoms with Gasteiger partial charge in [-0.3, -0.25) is 0 Å². The third kappa shape index (κ3) is 2.07. The Kier molecular flexibility index (Phi) is 2.56. The number of aryl methyl sites for hydroxylation is 1. The van der Waals surface area contributed by atoms with Gasteiger partial charge in [-0.05, 0) is 13.0 Å². The predicted molar refractivity (Wildman–Crippen MR) is 63.8 cm³/mol. The van der Waals surface area contributed by atoms with Gasteiger partial charge >= 0.3 is 6.18 Å². The summed E-state index contributed by atoms with van der Waals surface area (Å²) >= 11 is 1.07. The Morgan fingerprint density at radius 2 is 2.00 bits per heavy atom. The van der Waals surface area contributed by atoms with E-state index < -0.39 is 12.0 Å². The van der Waals surface area contributed by atoms with Gasteiger partial charge in [0.1, 0.15) is 5.01 Å². The molecule has 0 amide bonds. The van der Waals surface area contributed by atoms with Gasteiger partial charge in [-0.25, -0.2) is 0 Å². The van der Waals surface area contributed by atoms with Crippen LogP contribution in [-0.2, 0) is 6.18 Å². The lowest BCUT2D eigenvalue weighted by atomic mass is 10.1. The van der Waals surface area contributed by atoms with Gasteiger partial charge in [0, 0.05) is 5.56 Å². The molecule has 0 aliphatic rings. The number of alkyl halides is 3. The number of benzene rings is 1. The molecule has 3 rings (SSSR count). The molecule has 0 saturated heterocycles. The number of hydrogen-bond donors (Lipinski definition) is 0.